The monoisotopic (exact) mass is 336 g/mol. The predicted octanol–water partition coefficient (Wildman–Crippen LogP) is 2.79. The van der Waals surface area contributed by atoms with Crippen LogP contribution >= 0.6 is 0 Å². The third kappa shape index (κ3) is 4.38. The van der Waals surface area contributed by atoms with Gasteiger partial charge >= 0.3 is 6.03 Å². The maximum absolute atomic E-state index is 12.0. The van der Waals surface area contributed by atoms with Crippen LogP contribution in [0.4, 0.5) is 4.79 Å². The standard InChI is InChI=1S/C19H20N4O2/c1-23-13-16(18(22-23)15-5-3-2-4-6-15)12-21-19(25)20-11-14-7-9-17(24)10-8-14/h2-10,13,24H,11-12H2,1H3,(H2,20,21,25). The van der Waals surface area contributed by atoms with Gasteiger partial charge in [0.15, 0.2) is 0 Å². The fourth-order valence-electron chi connectivity index (χ4n) is 2.54. The van der Waals surface area contributed by atoms with Gasteiger partial charge in [0.25, 0.3) is 0 Å². The molecule has 0 aliphatic heterocycles. The topological polar surface area (TPSA) is 79.2 Å². The molecule has 1 heterocycles. The first-order chi connectivity index (χ1) is 12.1. The minimum absolute atomic E-state index is 0.207. The Morgan fingerprint density at radius 2 is 1.72 bits per heavy atom. The highest BCUT2D eigenvalue weighted by molar-refractivity contribution is 5.74. The van der Waals surface area contributed by atoms with Crippen LogP contribution in [0.1, 0.15) is 11.1 Å². The number of rotatable bonds is 5. The summed E-state index contributed by atoms with van der Waals surface area (Å²) < 4.78 is 1.74. The van der Waals surface area contributed by atoms with Crippen molar-refractivity contribution in [1.82, 2.24) is 20.4 Å². The molecular formula is C19H20N4O2. The van der Waals surface area contributed by atoms with Crippen LogP contribution < -0.4 is 10.6 Å². The summed E-state index contributed by atoms with van der Waals surface area (Å²) in [4.78, 5) is 12.0. The highest BCUT2D eigenvalue weighted by Gasteiger charge is 2.11. The molecule has 0 saturated carbocycles. The van der Waals surface area contributed by atoms with E-state index in [4.69, 9.17) is 0 Å². The van der Waals surface area contributed by atoms with E-state index < -0.39 is 0 Å². The lowest BCUT2D eigenvalue weighted by atomic mass is 10.1. The minimum atomic E-state index is -0.254. The van der Waals surface area contributed by atoms with Gasteiger partial charge in [-0.2, -0.15) is 5.10 Å². The Morgan fingerprint density at radius 1 is 1.04 bits per heavy atom. The Bertz CT molecular complexity index is 842. The van der Waals surface area contributed by atoms with Gasteiger partial charge in [-0.3, -0.25) is 4.68 Å². The number of nitrogens with one attached hydrogen (secondary N) is 2. The molecule has 0 spiro atoms. The minimum Gasteiger partial charge on any atom is -0.508 e. The average Bonchev–Trinajstić information content (AvgIpc) is 3.01. The Labute approximate surface area is 146 Å². The summed E-state index contributed by atoms with van der Waals surface area (Å²) >= 11 is 0. The van der Waals surface area contributed by atoms with Gasteiger partial charge in [0.05, 0.1) is 5.69 Å². The number of phenolic OH excluding ortho intramolecular Hbond substituents is 1. The third-order valence-electron chi connectivity index (χ3n) is 3.78. The summed E-state index contributed by atoms with van der Waals surface area (Å²) in [6, 6.07) is 16.4. The molecule has 0 atom stereocenters. The first kappa shape index (κ1) is 16.6. The summed E-state index contributed by atoms with van der Waals surface area (Å²) in [5.74, 6) is 0.207. The van der Waals surface area contributed by atoms with Crippen molar-refractivity contribution in [3.8, 4) is 17.0 Å². The molecule has 2 aromatic carbocycles. The number of hydrogen-bond donors (Lipinski definition) is 3. The number of urea groups is 1. The fraction of sp³-hybridized carbons (Fsp3) is 0.158. The van der Waals surface area contributed by atoms with Gasteiger partial charge in [-0.25, -0.2) is 4.79 Å². The van der Waals surface area contributed by atoms with Crippen LogP contribution in [0, 0.1) is 0 Å². The van der Waals surface area contributed by atoms with E-state index in [1.165, 1.54) is 0 Å². The number of carbonyl (C=O) groups is 1. The summed E-state index contributed by atoms with van der Waals surface area (Å²) in [7, 11) is 1.86. The molecule has 0 aliphatic carbocycles. The van der Waals surface area contributed by atoms with Crippen LogP contribution in [0.3, 0.4) is 0 Å². The van der Waals surface area contributed by atoms with Crippen molar-refractivity contribution in [2.24, 2.45) is 7.05 Å². The molecule has 0 unspecified atom stereocenters. The molecule has 128 valence electrons. The van der Waals surface area contributed by atoms with Gasteiger partial charge in [0, 0.05) is 37.5 Å². The molecule has 2 amide bonds. The summed E-state index contributed by atoms with van der Waals surface area (Å²) in [6.45, 7) is 0.782. The maximum Gasteiger partial charge on any atom is 0.315 e. The number of aromatic nitrogens is 2. The van der Waals surface area contributed by atoms with E-state index in [2.05, 4.69) is 15.7 Å². The van der Waals surface area contributed by atoms with Gasteiger partial charge in [-0.1, -0.05) is 42.5 Å². The SMILES string of the molecule is Cn1cc(CNC(=O)NCc2ccc(O)cc2)c(-c2ccccc2)n1. The van der Waals surface area contributed by atoms with E-state index in [-0.39, 0.29) is 11.8 Å². The number of phenols is 1. The molecule has 0 aliphatic rings. The molecule has 6 nitrogen and oxygen atoms in total. The molecule has 3 N–H and O–H groups in total. The van der Waals surface area contributed by atoms with E-state index in [0.717, 1.165) is 22.4 Å². The second-order valence-electron chi connectivity index (χ2n) is 5.75. The van der Waals surface area contributed by atoms with E-state index >= 15 is 0 Å². The van der Waals surface area contributed by atoms with Crippen molar-refractivity contribution < 1.29 is 9.90 Å². The zero-order chi connectivity index (χ0) is 17.6. The number of aryl methyl sites for hydroxylation is 1. The van der Waals surface area contributed by atoms with Crippen molar-refractivity contribution in [3.63, 3.8) is 0 Å². The van der Waals surface area contributed by atoms with Gasteiger partial charge in [-0.05, 0) is 17.7 Å². The number of hydrogen-bond acceptors (Lipinski definition) is 3. The summed E-state index contributed by atoms with van der Waals surface area (Å²) in [5, 5.41) is 19.4. The molecule has 0 fully saturated rings. The predicted molar refractivity (Wildman–Crippen MR) is 95.8 cm³/mol. The number of benzene rings is 2. The van der Waals surface area contributed by atoms with Gasteiger partial charge < -0.3 is 15.7 Å². The Balaban J connectivity index is 1.58. The van der Waals surface area contributed by atoms with Crippen molar-refractivity contribution >= 4 is 6.03 Å². The van der Waals surface area contributed by atoms with Crippen LogP contribution in [0.15, 0.2) is 60.8 Å². The lowest BCUT2D eigenvalue weighted by Crippen LogP contribution is -2.34. The van der Waals surface area contributed by atoms with Crippen molar-refractivity contribution in [1.29, 1.82) is 0 Å². The number of amides is 2. The average molecular weight is 336 g/mol. The van der Waals surface area contributed by atoms with Crippen LogP contribution in [0.5, 0.6) is 5.75 Å². The van der Waals surface area contributed by atoms with E-state index in [1.807, 2.05) is 43.6 Å². The summed E-state index contributed by atoms with van der Waals surface area (Å²) in [5.41, 5.74) is 3.75. The van der Waals surface area contributed by atoms with Crippen molar-refractivity contribution in [2.45, 2.75) is 13.1 Å². The number of nitrogens with zero attached hydrogens (tertiary/aromatic N) is 2. The van der Waals surface area contributed by atoms with E-state index in [0.29, 0.717) is 13.1 Å². The second-order valence-corrected chi connectivity index (χ2v) is 5.75. The molecule has 0 radical (unpaired) electrons. The highest BCUT2D eigenvalue weighted by Crippen LogP contribution is 2.21. The first-order valence-electron chi connectivity index (χ1n) is 7.99. The van der Waals surface area contributed by atoms with Crippen LogP contribution in [0.25, 0.3) is 11.3 Å². The highest BCUT2D eigenvalue weighted by atomic mass is 16.3. The quantitative estimate of drug-likeness (QED) is 0.670. The Hall–Kier alpha value is -3.28. The van der Waals surface area contributed by atoms with Crippen LogP contribution in [-0.4, -0.2) is 20.9 Å². The van der Waals surface area contributed by atoms with Gasteiger partial charge in [-0.15, -0.1) is 0 Å². The second kappa shape index (κ2) is 7.53. The summed E-state index contributed by atoms with van der Waals surface area (Å²) in [6.07, 6.45) is 1.91. The van der Waals surface area contributed by atoms with E-state index in [1.54, 1.807) is 28.9 Å². The molecule has 0 bridgehead atoms. The van der Waals surface area contributed by atoms with Crippen LogP contribution in [0.2, 0.25) is 0 Å². The molecule has 1 aromatic heterocycles. The lowest BCUT2D eigenvalue weighted by molar-refractivity contribution is 0.240. The van der Waals surface area contributed by atoms with E-state index in [9.17, 15) is 9.90 Å². The first-order valence-corrected chi connectivity index (χ1v) is 7.99. The molecule has 3 aromatic rings. The fourth-order valence-corrected chi connectivity index (χ4v) is 2.54. The molecule has 0 saturated heterocycles. The molecular weight excluding hydrogens is 316 g/mol. The molecule has 3 rings (SSSR count). The Kier molecular flexibility index (Phi) is 4.99. The number of aromatic hydroxyl groups is 1. The number of carbonyl (C=O) groups excluding carboxylic acids is 1. The van der Waals surface area contributed by atoms with Crippen molar-refractivity contribution in [3.05, 3.63) is 71.9 Å². The molecule has 25 heavy (non-hydrogen) atoms. The lowest BCUT2D eigenvalue weighted by Gasteiger charge is -2.08. The normalized spacial score (nSPS) is 10.4. The molecule has 6 heteroatoms. The van der Waals surface area contributed by atoms with Crippen LogP contribution in [-0.2, 0) is 20.1 Å². The zero-order valence-corrected chi connectivity index (χ0v) is 13.9. The zero-order valence-electron chi connectivity index (χ0n) is 13.9. The van der Waals surface area contributed by atoms with Gasteiger partial charge in [0.1, 0.15) is 5.75 Å². The Morgan fingerprint density at radius 3 is 2.44 bits per heavy atom. The third-order valence-corrected chi connectivity index (χ3v) is 3.78. The van der Waals surface area contributed by atoms with Crippen molar-refractivity contribution in [2.75, 3.05) is 0 Å². The van der Waals surface area contributed by atoms with Gasteiger partial charge in [0.2, 0.25) is 0 Å². The largest absolute Gasteiger partial charge is 0.508 e. The smallest absolute Gasteiger partial charge is 0.315 e. The maximum atomic E-state index is 12.0.